The number of aliphatic hydroxyl groups excluding tert-OH is 1. The number of benzene rings is 1. The lowest BCUT2D eigenvalue weighted by atomic mass is 10.0. The van der Waals surface area contributed by atoms with E-state index in [-0.39, 0.29) is 29.0 Å². The minimum Gasteiger partial charge on any atom is -0.511 e. The minimum absolute atomic E-state index is 0.0333. The summed E-state index contributed by atoms with van der Waals surface area (Å²) >= 11 is 0. The number of nitrogens with zero attached hydrogens (tertiary/aromatic N) is 1. The fourth-order valence-corrected chi connectivity index (χ4v) is 1.69. The fraction of sp³-hybridized carbons (Fsp3) is 0.214. The molecule has 0 saturated carbocycles. The number of carbonyl (C=O) groups excluding carboxylic acids is 1. The average molecular weight is 277 g/mol. The highest BCUT2D eigenvalue weighted by atomic mass is 16.6. The van der Waals surface area contributed by atoms with Crippen LogP contribution in [0.25, 0.3) is 5.57 Å². The van der Waals surface area contributed by atoms with Gasteiger partial charge in [-0.15, -0.1) is 6.58 Å². The third-order valence-corrected chi connectivity index (χ3v) is 2.63. The SMILES string of the molecule is C=CCC/C(O)=C(/C(=O)OC)c1ccccc1[N+](=O)[O-]. The number of esters is 1. The maximum atomic E-state index is 11.8. The highest BCUT2D eigenvalue weighted by molar-refractivity contribution is 6.18. The standard InChI is InChI=1S/C14H15NO5/c1-3-4-9-12(16)13(14(17)20-2)10-7-5-6-8-11(10)15(18)19/h3,5-8,16H,1,4,9H2,2H3/b13-12-. The van der Waals surface area contributed by atoms with Crippen LogP contribution in [0.15, 0.2) is 42.7 Å². The Morgan fingerprint density at radius 1 is 1.50 bits per heavy atom. The Hall–Kier alpha value is -2.63. The van der Waals surface area contributed by atoms with Crippen LogP contribution in [-0.2, 0) is 9.53 Å². The van der Waals surface area contributed by atoms with E-state index in [2.05, 4.69) is 11.3 Å². The molecule has 20 heavy (non-hydrogen) atoms. The van der Waals surface area contributed by atoms with Crippen molar-refractivity contribution < 1.29 is 19.6 Å². The Morgan fingerprint density at radius 2 is 2.15 bits per heavy atom. The van der Waals surface area contributed by atoms with Crippen molar-refractivity contribution in [1.82, 2.24) is 0 Å². The summed E-state index contributed by atoms with van der Waals surface area (Å²) in [5, 5.41) is 21.0. The second kappa shape index (κ2) is 7.08. The van der Waals surface area contributed by atoms with Crippen molar-refractivity contribution in [3.05, 3.63) is 58.4 Å². The summed E-state index contributed by atoms with van der Waals surface area (Å²) in [4.78, 5) is 22.2. The maximum absolute atomic E-state index is 11.8. The summed E-state index contributed by atoms with van der Waals surface area (Å²) < 4.78 is 4.60. The first kappa shape index (κ1) is 15.4. The van der Waals surface area contributed by atoms with Gasteiger partial charge in [0.05, 0.1) is 17.6 Å². The number of nitro benzene ring substituents is 1. The van der Waals surface area contributed by atoms with E-state index in [0.717, 1.165) is 7.11 Å². The van der Waals surface area contributed by atoms with Gasteiger partial charge < -0.3 is 9.84 Å². The number of carbonyl (C=O) groups is 1. The molecule has 0 aromatic heterocycles. The van der Waals surface area contributed by atoms with E-state index in [1.54, 1.807) is 12.1 Å². The van der Waals surface area contributed by atoms with Gasteiger partial charge in [-0.25, -0.2) is 4.79 Å². The van der Waals surface area contributed by atoms with E-state index in [0.29, 0.717) is 6.42 Å². The first-order valence-electron chi connectivity index (χ1n) is 5.88. The number of methoxy groups -OCH3 is 1. The molecule has 0 bridgehead atoms. The molecular formula is C14H15NO5. The zero-order chi connectivity index (χ0) is 15.1. The van der Waals surface area contributed by atoms with Gasteiger partial charge in [0, 0.05) is 12.5 Å². The topological polar surface area (TPSA) is 89.7 Å². The Morgan fingerprint density at radius 3 is 2.70 bits per heavy atom. The second-order valence-corrected chi connectivity index (χ2v) is 3.91. The summed E-state index contributed by atoms with van der Waals surface area (Å²) in [6, 6.07) is 5.69. The van der Waals surface area contributed by atoms with Crippen LogP contribution in [0.4, 0.5) is 5.69 Å². The van der Waals surface area contributed by atoms with Gasteiger partial charge in [-0.3, -0.25) is 10.1 Å². The fourth-order valence-electron chi connectivity index (χ4n) is 1.69. The van der Waals surface area contributed by atoms with Gasteiger partial charge in [-0.1, -0.05) is 18.2 Å². The molecule has 0 saturated heterocycles. The van der Waals surface area contributed by atoms with Crippen LogP contribution < -0.4 is 0 Å². The summed E-state index contributed by atoms with van der Waals surface area (Å²) in [6.07, 6.45) is 2.16. The van der Waals surface area contributed by atoms with Crippen molar-refractivity contribution in [2.24, 2.45) is 0 Å². The van der Waals surface area contributed by atoms with Gasteiger partial charge in [0.2, 0.25) is 0 Å². The van der Waals surface area contributed by atoms with Crippen molar-refractivity contribution in [3.63, 3.8) is 0 Å². The van der Waals surface area contributed by atoms with Crippen LogP contribution in [0.1, 0.15) is 18.4 Å². The molecule has 0 heterocycles. The van der Waals surface area contributed by atoms with E-state index < -0.39 is 10.9 Å². The molecule has 106 valence electrons. The van der Waals surface area contributed by atoms with Crippen LogP contribution in [-0.4, -0.2) is 23.1 Å². The van der Waals surface area contributed by atoms with Crippen molar-refractivity contribution >= 4 is 17.2 Å². The summed E-state index contributed by atoms with van der Waals surface area (Å²) in [5.41, 5.74) is -0.425. The van der Waals surface area contributed by atoms with Crippen LogP contribution >= 0.6 is 0 Å². The van der Waals surface area contributed by atoms with Crippen molar-refractivity contribution in [2.45, 2.75) is 12.8 Å². The molecule has 1 N–H and O–H groups in total. The lowest BCUT2D eigenvalue weighted by Gasteiger charge is -2.09. The van der Waals surface area contributed by atoms with Crippen LogP contribution in [0.2, 0.25) is 0 Å². The molecule has 6 heteroatoms. The summed E-state index contributed by atoms with van der Waals surface area (Å²) in [7, 11) is 1.15. The Kier molecular flexibility index (Phi) is 5.46. The van der Waals surface area contributed by atoms with E-state index in [1.165, 1.54) is 18.2 Å². The maximum Gasteiger partial charge on any atom is 0.342 e. The van der Waals surface area contributed by atoms with Gasteiger partial charge in [-0.2, -0.15) is 0 Å². The average Bonchev–Trinajstić information content (AvgIpc) is 2.45. The normalized spacial score (nSPS) is 11.4. The number of hydrogen-bond donors (Lipinski definition) is 1. The van der Waals surface area contributed by atoms with Crippen LogP contribution in [0.3, 0.4) is 0 Å². The highest BCUT2D eigenvalue weighted by Gasteiger charge is 2.25. The Bertz CT molecular complexity index is 562. The molecule has 0 amide bonds. The molecule has 1 aromatic carbocycles. The molecule has 0 atom stereocenters. The molecule has 0 aliphatic carbocycles. The van der Waals surface area contributed by atoms with E-state index in [9.17, 15) is 20.0 Å². The first-order chi connectivity index (χ1) is 9.52. The minimum atomic E-state index is -0.819. The first-order valence-corrected chi connectivity index (χ1v) is 5.88. The predicted octanol–water partition coefficient (Wildman–Crippen LogP) is 3.00. The largest absolute Gasteiger partial charge is 0.511 e. The zero-order valence-corrected chi connectivity index (χ0v) is 11.0. The number of para-hydroxylation sites is 1. The molecule has 0 fully saturated rings. The van der Waals surface area contributed by atoms with Crippen LogP contribution in [0, 0.1) is 10.1 Å². The van der Waals surface area contributed by atoms with Gasteiger partial charge >= 0.3 is 5.97 Å². The molecule has 1 aromatic rings. The lowest BCUT2D eigenvalue weighted by Crippen LogP contribution is -2.09. The molecular weight excluding hydrogens is 262 g/mol. The van der Waals surface area contributed by atoms with Gasteiger partial charge in [-0.05, 0) is 12.5 Å². The van der Waals surface area contributed by atoms with Crippen molar-refractivity contribution in [2.75, 3.05) is 7.11 Å². The smallest absolute Gasteiger partial charge is 0.342 e. The molecule has 1 rings (SSSR count). The third-order valence-electron chi connectivity index (χ3n) is 2.63. The quantitative estimate of drug-likeness (QED) is 0.215. The highest BCUT2D eigenvalue weighted by Crippen LogP contribution is 2.29. The van der Waals surface area contributed by atoms with Crippen molar-refractivity contribution in [1.29, 1.82) is 0 Å². The Balaban J connectivity index is 3.42. The number of ether oxygens (including phenoxy) is 1. The summed E-state index contributed by atoms with van der Waals surface area (Å²) in [6.45, 7) is 3.52. The molecule has 0 aliphatic heterocycles. The van der Waals surface area contributed by atoms with Gasteiger partial charge in [0.1, 0.15) is 11.3 Å². The number of hydrogen-bond acceptors (Lipinski definition) is 5. The molecule has 6 nitrogen and oxygen atoms in total. The van der Waals surface area contributed by atoms with Crippen LogP contribution in [0.5, 0.6) is 0 Å². The molecule has 0 spiro atoms. The van der Waals surface area contributed by atoms with E-state index in [4.69, 9.17) is 0 Å². The number of rotatable bonds is 6. The second-order valence-electron chi connectivity index (χ2n) is 3.91. The third kappa shape index (κ3) is 3.44. The van der Waals surface area contributed by atoms with Crippen molar-refractivity contribution in [3.8, 4) is 0 Å². The molecule has 0 aliphatic rings. The lowest BCUT2D eigenvalue weighted by molar-refractivity contribution is -0.385. The molecule has 0 radical (unpaired) electrons. The van der Waals surface area contributed by atoms with E-state index in [1.807, 2.05) is 0 Å². The van der Waals surface area contributed by atoms with Gasteiger partial charge in [0.25, 0.3) is 5.69 Å². The number of allylic oxidation sites excluding steroid dienone is 2. The number of nitro groups is 1. The van der Waals surface area contributed by atoms with Gasteiger partial charge in [0.15, 0.2) is 0 Å². The monoisotopic (exact) mass is 277 g/mol. The zero-order valence-electron chi connectivity index (χ0n) is 11.0. The van der Waals surface area contributed by atoms with E-state index >= 15 is 0 Å². The molecule has 0 unspecified atom stereocenters. The summed E-state index contributed by atoms with van der Waals surface area (Å²) in [5.74, 6) is -1.08. The predicted molar refractivity (Wildman–Crippen MR) is 74.1 cm³/mol. The number of aliphatic hydroxyl groups is 1. The Labute approximate surface area is 116 Å².